The van der Waals surface area contributed by atoms with E-state index >= 15 is 0 Å². The molecule has 0 saturated carbocycles. The lowest BCUT2D eigenvalue weighted by Gasteiger charge is -2.13. The van der Waals surface area contributed by atoms with Gasteiger partial charge in [-0.3, -0.25) is 4.79 Å². The molecule has 118 valence electrons. The normalized spacial score (nSPS) is 11.6. The van der Waals surface area contributed by atoms with Gasteiger partial charge in [0, 0.05) is 19.0 Å². The number of hydrogen-bond acceptors (Lipinski definition) is 3. The maximum absolute atomic E-state index is 12.0. The molecule has 1 rings (SSSR count). The number of benzene rings is 1. The van der Waals surface area contributed by atoms with E-state index in [1.165, 1.54) is 0 Å². The molecule has 0 aliphatic rings. The number of rotatable bonds is 8. The molecule has 0 heterocycles. The number of nitrogens with one attached hydrogen (secondary N) is 2. The van der Waals surface area contributed by atoms with Crippen LogP contribution in [0.4, 0.5) is 0 Å². The van der Waals surface area contributed by atoms with Crippen molar-refractivity contribution in [3.8, 4) is 0 Å². The quantitative estimate of drug-likeness (QED) is 0.719. The van der Waals surface area contributed by atoms with Crippen LogP contribution in [-0.4, -0.2) is 27.4 Å². The average Bonchev–Trinajstić information content (AvgIpc) is 2.45. The summed E-state index contributed by atoms with van der Waals surface area (Å²) in [6, 6.07) is 6.65. The Labute approximate surface area is 127 Å². The van der Waals surface area contributed by atoms with Gasteiger partial charge in [-0.1, -0.05) is 31.5 Å². The van der Waals surface area contributed by atoms with Gasteiger partial charge in [0.1, 0.15) is 0 Å². The summed E-state index contributed by atoms with van der Waals surface area (Å²) in [5, 5.41) is 2.75. The third kappa shape index (κ3) is 5.47. The van der Waals surface area contributed by atoms with E-state index in [4.69, 9.17) is 0 Å². The molecule has 1 aromatic carbocycles. The fourth-order valence-electron chi connectivity index (χ4n) is 1.98. The molecule has 0 aliphatic heterocycles. The summed E-state index contributed by atoms with van der Waals surface area (Å²) >= 11 is 0. The monoisotopic (exact) mass is 312 g/mol. The SMILES string of the molecule is CCC(CC)C(=O)NCCNS(=O)(=O)c1ccc(C)cc1. The van der Waals surface area contributed by atoms with Crippen LogP contribution in [0.5, 0.6) is 0 Å². The third-order valence-electron chi connectivity index (χ3n) is 3.40. The van der Waals surface area contributed by atoms with E-state index in [9.17, 15) is 13.2 Å². The van der Waals surface area contributed by atoms with Crippen molar-refractivity contribution in [2.75, 3.05) is 13.1 Å². The first-order valence-electron chi connectivity index (χ1n) is 7.24. The van der Waals surface area contributed by atoms with Crippen LogP contribution in [0.3, 0.4) is 0 Å². The van der Waals surface area contributed by atoms with Gasteiger partial charge in [0.2, 0.25) is 15.9 Å². The Kier molecular flexibility index (Phi) is 6.84. The van der Waals surface area contributed by atoms with E-state index in [1.807, 2.05) is 20.8 Å². The van der Waals surface area contributed by atoms with Crippen LogP contribution in [0, 0.1) is 12.8 Å². The summed E-state index contributed by atoms with van der Waals surface area (Å²) in [5.41, 5.74) is 1.01. The Balaban J connectivity index is 2.45. The first-order chi connectivity index (χ1) is 9.90. The molecule has 0 bridgehead atoms. The predicted molar refractivity (Wildman–Crippen MR) is 83.4 cm³/mol. The molecular weight excluding hydrogens is 288 g/mol. The van der Waals surface area contributed by atoms with E-state index in [0.29, 0.717) is 6.54 Å². The van der Waals surface area contributed by atoms with Crippen molar-refractivity contribution in [2.24, 2.45) is 5.92 Å². The number of carbonyl (C=O) groups is 1. The van der Waals surface area contributed by atoms with Gasteiger partial charge in [-0.15, -0.1) is 0 Å². The van der Waals surface area contributed by atoms with Gasteiger partial charge in [-0.25, -0.2) is 13.1 Å². The predicted octanol–water partition coefficient (Wildman–Crippen LogP) is 1.83. The molecule has 1 aromatic rings. The van der Waals surface area contributed by atoms with Crippen molar-refractivity contribution in [3.05, 3.63) is 29.8 Å². The molecule has 0 radical (unpaired) electrons. The molecule has 2 N–H and O–H groups in total. The van der Waals surface area contributed by atoms with E-state index in [-0.39, 0.29) is 23.3 Å². The van der Waals surface area contributed by atoms with Crippen LogP contribution in [0.2, 0.25) is 0 Å². The zero-order valence-electron chi connectivity index (χ0n) is 12.8. The summed E-state index contributed by atoms with van der Waals surface area (Å²) in [4.78, 5) is 12.0. The van der Waals surface area contributed by atoms with Crippen molar-refractivity contribution in [1.82, 2.24) is 10.0 Å². The van der Waals surface area contributed by atoms with Gasteiger partial charge >= 0.3 is 0 Å². The number of carbonyl (C=O) groups excluding carboxylic acids is 1. The molecule has 0 saturated heterocycles. The molecule has 0 aliphatic carbocycles. The van der Waals surface area contributed by atoms with E-state index in [0.717, 1.165) is 18.4 Å². The number of amides is 1. The highest BCUT2D eigenvalue weighted by Crippen LogP contribution is 2.09. The van der Waals surface area contributed by atoms with Crippen LogP contribution in [0.1, 0.15) is 32.3 Å². The van der Waals surface area contributed by atoms with Gasteiger partial charge in [-0.2, -0.15) is 0 Å². The third-order valence-corrected chi connectivity index (χ3v) is 4.88. The highest BCUT2D eigenvalue weighted by Gasteiger charge is 2.15. The van der Waals surface area contributed by atoms with Gasteiger partial charge in [0.25, 0.3) is 0 Å². The topological polar surface area (TPSA) is 75.3 Å². The Morgan fingerprint density at radius 3 is 2.19 bits per heavy atom. The largest absolute Gasteiger partial charge is 0.355 e. The van der Waals surface area contributed by atoms with Crippen molar-refractivity contribution in [3.63, 3.8) is 0 Å². The molecule has 0 aromatic heterocycles. The fraction of sp³-hybridized carbons (Fsp3) is 0.533. The van der Waals surface area contributed by atoms with Crippen molar-refractivity contribution in [2.45, 2.75) is 38.5 Å². The highest BCUT2D eigenvalue weighted by molar-refractivity contribution is 7.89. The molecule has 6 heteroatoms. The van der Waals surface area contributed by atoms with E-state index in [1.54, 1.807) is 24.3 Å². The minimum atomic E-state index is -3.51. The second-order valence-corrected chi connectivity index (χ2v) is 6.78. The fourth-order valence-corrected chi connectivity index (χ4v) is 3.01. The van der Waals surface area contributed by atoms with E-state index in [2.05, 4.69) is 10.0 Å². The highest BCUT2D eigenvalue weighted by atomic mass is 32.2. The molecule has 21 heavy (non-hydrogen) atoms. The van der Waals surface area contributed by atoms with Gasteiger partial charge < -0.3 is 5.32 Å². The Hall–Kier alpha value is -1.40. The maximum atomic E-state index is 12.0. The van der Waals surface area contributed by atoms with Gasteiger partial charge in [0.15, 0.2) is 0 Å². The second kappa shape index (κ2) is 8.14. The lowest BCUT2D eigenvalue weighted by molar-refractivity contribution is -0.125. The lowest BCUT2D eigenvalue weighted by Crippen LogP contribution is -2.37. The second-order valence-electron chi connectivity index (χ2n) is 5.02. The van der Waals surface area contributed by atoms with Crippen LogP contribution >= 0.6 is 0 Å². The number of hydrogen-bond donors (Lipinski definition) is 2. The molecule has 0 fully saturated rings. The van der Waals surface area contributed by atoms with Crippen molar-refractivity contribution in [1.29, 1.82) is 0 Å². The standard InChI is InChI=1S/C15H24N2O3S/c1-4-13(5-2)15(18)16-10-11-17-21(19,20)14-8-6-12(3)7-9-14/h6-9,13,17H,4-5,10-11H2,1-3H3,(H,16,18). The maximum Gasteiger partial charge on any atom is 0.240 e. The first-order valence-corrected chi connectivity index (χ1v) is 8.73. The first kappa shape index (κ1) is 17.7. The van der Waals surface area contributed by atoms with Crippen LogP contribution in [0.25, 0.3) is 0 Å². The number of sulfonamides is 1. The van der Waals surface area contributed by atoms with Gasteiger partial charge in [-0.05, 0) is 31.9 Å². The molecule has 0 spiro atoms. The number of aryl methyl sites for hydroxylation is 1. The van der Waals surface area contributed by atoms with E-state index < -0.39 is 10.0 Å². The Morgan fingerprint density at radius 2 is 1.67 bits per heavy atom. The lowest BCUT2D eigenvalue weighted by atomic mass is 10.0. The van der Waals surface area contributed by atoms with Gasteiger partial charge in [0.05, 0.1) is 4.90 Å². The summed E-state index contributed by atoms with van der Waals surface area (Å²) in [7, 11) is -3.51. The average molecular weight is 312 g/mol. The molecule has 0 atom stereocenters. The Bertz CT molecular complexity index is 549. The Morgan fingerprint density at radius 1 is 1.10 bits per heavy atom. The van der Waals surface area contributed by atoms with Crippen molar-refractivity contribution < 1.29 is 13.2 Å². The summed E-state index contributed by atoms with van der Waals surface area (Å²) in [5.74, 6) is -0.0201. The smallest absolute Gasteiger partial charge is 0.240 e. The summed E-state index contributed by atoms with van der Waals surface area (Å²) < 4.78 is 26.5. The zero-order valence-corrected chi connectivity index (χ0v) is 13.7. The minimum Gasteiger partial charge on any atom is -0.355 e. The molecular formula is C15H24N2O3S. The van der Waals surface area contributed by atoms with Crippen molar-refractivity contribution >= 4 is 15.9 Å². The summed E-state index contributed by atoms with van der Waals surface area (Å²) in [6.45, 7) is 6.31. The van der Waals surface area contributed by atoms with Crippen LogP contribution < -0.4 is 10.0 Å². The van der Waals surface area contributed by atoms with Crippen LogP contribution in [0.15, 0.2) is 29.2 Å². The molecule has 0 unspecified atom stereocenters. The molecule has 5 nitrogen and oxygen atoms in total. The zero-order chi connectivity index (χ0) is 15.9. The summed E-state index contributed by atoms with van der Waals surface area (Å²) in [6.07, 6.45) is 1.58. The van der Waals surface area contributed by atoms with Crippen LogP contribution in [-0.2, 0) is 14.8 Å². The minimum absolute atomic E-state index is 0.00120. The molecule has 1 amide bonds.